The van der Waals surface area contributed by atoms with Crippen LogP contribution in [0, 0.1) is 5.92 Å². The number of H-pyrrole nitrogens is 1. The second kappa shape index (κ2) is 7.85. The van der Waals surface area contributed by atoms with E-state index < -0.39 is 0 Å². The molecule has 2 aromatic rings. The van der Waals surface area contributed by atoms with Gasteiger partial charge in [0.25, 0.3) is 5.91 Å². The van der Waals surface area contributed by atoms with Crippen LogP contribution in [0.15, 0.2) is 30.7 Å². The van der Waals surface area contributed by atoms with Crippen molar-refractivity contribution in [2.75, 3.05) is 26.2 Å². The zero-order valence-corrected chi connectivity index (χ0v) is 15.3. The van der Waals surface area contributed by atoms with Gasteiger partial charge in [-0.2, -0.15) is 5.10 Å². The van der Waals surface area contributed by atoms with Crippen molar-refractivity contribution in [3.05, 3.63) is 42.2 Å². The van der Waals surface area contributed by atoms with Crippen molar-refractivity contribution in [1.29, 1.82) is 0 Å². The zero-order chi connectivity index (χ0) is 18.6. The number of hydrogen-bond donors (Lipinski definition) is 1. The number of piperidine rings is 2. The summed E-state index contributed by atoms with van der Waals surface area (Å²) in [6, 6.07) is 5.35. The van der Waals surface area contributed by atoms with Crippen LogP contribution in [0.1, 0.15) is 47.9 Å². The lowest BCUT2D eigenvalue weighted by Crippen LogP contribution is -2.46. The molecule has 0 unspecified atom stereocenters. The molecule has 2 aliphatic rings. The molecule has 0 radical (unpaired) electrons. The lowest BCUT2D eigenvalue weighted by molar-refractivity contribution is -0.138. The van der Waals surface area contributed by atoms with Gasteiger partial charge in [-0.3, -0.25) is 19.7 Å². The van der Waals surface area contributed by atoms with Crippen LogP contribution in [0.4, 0.5) is 0 Å². The van der Waals surface area contributed by atoms with Gasteiger partial charge >= 0.3 is 0 Å². The number of carbonyl (C=O) groups is 2. The van der Waals surface area contributed by atoms with Crippen molar-refractivity contribution in [3.8, 4) is 0 Å². The van der Waals surface area contributed by atoms with E-state index in [0.717, 1.165) is 44.6 Å². The number of aromatic amines is 1. The minimum atomic E-state index is -0.0469. The number of rotatable bonds is 3. The topological polar surface area (TPSA) is 95.1 Å². The fourth-order valence-electron chi connectivity index (χ4n) is 4.02. The quantitative estimate of drug-likeness (QED) is 0.885. The number of amides is 2. The highest BCUT2D eigenvalue weighted by Gasteiger charge is 2.33. The first-order valence-corrected chi connectivity index (χ1v) is 9.56. The Morgan fingerprint density at radius 3 is 2.33 bits per heavy atom. The Morgan fingerprint density at radius 1 is 0.963 bits per heavy atom. The number of nitrogens with one attached hydrogen (secondary N) is 1. The molecule has 142 valence electrons. The van der Waals surface area contributed by atoms with Crippen LogP contribution < -0.4 is 0 Å². The Bertz CT molecular complexity index is 763. The summed E-state index contributed by atoms with van der Waals surface area (Å²) in [7, 11) is 0. The molecule has 0 atom stereocenters. The second-order valence-corrected chi connectivity index (χ2v) is 7.25. The monoisotopic (exact) mass is 368 g/mol. The molecule has 0 saturated carbocycles. The highest BCUT2D eigenvalue weighted by atomic mass is 16.2. The molecule has 0 aromatic carbocycles. The number of hydrogen-bond acceptors (Lipinski definition) is 5. The maximum atomic E-state index is 12.9. The number of carbonyl (C=O) groups excluding carboxylic acids is 2. The van der Waals surface area contributed by atoms with Crippen LogP contribution in [0.5, 0.6) is 0 Å². The number of likely N-dealkylation sites (tertiary alicyclic amines) is 2. The Balaban J connectivity index is 1.27. The average Bonchev–Trinajstić information content (AvgIpc) is 3.28. The van der Waals surface area contributed by atoms with Crippen LogP contribution in [0.3, 0.4) is 0 Å². The average molecular weight is 368 g/mol. The van der Waals surface area contributed by atoms with Crippen LogP contribution in [-0.4, -0.2) is 68.0 Å². The molecule has 2 amide bonds. The highest BCUT2D eigenvalue weighted by Crippen LogP contribution is 2.28. The fraction of sp³-hybridized carbons (Fsp3) is 0.526. The standard InChI is InChI=1S/C19H24N6O2/c26-18(24-9-4-14(5-10-24)17-21-13-22-23-17)15-6-11-25(12-7-15)19(27)16-3-1-2-8-20-16/h1-3,8,13-15H,4-7,9-12H2,(H,21,22,23). The van der Waals surface area contributed by atoms with E-state index in [0.29, 0.717) is 24.7 Å². The highest BCUT2D eigenvalue weighted by molar-refractivity contribution is 5.92. The molecule has 4 heterocycles. The Labute approximate surface area is 158 Å². The predicted molar refractivity (Wildman–Crippen MR) is 97.8 cm³/mol. The smallest absolute Gasteiger partial charge is 0.272 e. The Hall–Kier alpha value is -2.77. The Kier molecular flexibility index (Phi) is 5.13. The molecule has 0 aliphatic carbocycles. The van der Waals surface area contributed by atoms with Gasteiger partial charge in [-0.1, -0.05) is 6.07 Å². The maximum absolute atomic E-state index is 12.9. The van der Waals surface area contributed by atoms with E-state index in [1.54, 1.807) is 18.3 Å². The summed E-state index contributed by atoms with van der Waals surface area (Å²) in [4.78, 5) is 37.5. The van der Waals surface area contributed by atoms with E-state index in [1.165, 1.54) is 6.33 Å². The first kappa shape index (κ1) is 17.6. The molecular weight excluding hydrogens is 344 g/mol. The van der Waals surface area contributed by atoms with Crippen molar-refractivity contribution < 1.29 is 9.59 Å². The molecule has 27 heavy (non-hydrogen) atoms. The van der Waals surface area contributed by atoms with Crippen LogP contribution in [-0.2, 0) is 4.79 Å². The third kappa shape index (κ3) is 3.84. The summed E-state index contributed by atoms with van der Waals surface area (Å²) in [5.74, 6) is 1.47. The second-order valence-electron chi connectivity index (χ2n) is 7.25. The van der Waals surface area contributed by atoms with Crippen molar-refractivity contribution in [2.45, 2.75) is 31.6 Å². The van der Waals surface area contributed by atoms with Crippen LogP contribution in [0.25, 0.3) is 0 Å². The summed E-state index contributed by atoms with van der Waals surface area (Å²) in [6.45, 7) is 2.75. The first-order valence-electron chi connectivity index (χ1n) is 9.56. The molecule has 0 bridgehead atoms. The van der Waals surface area contributed by atoms with Gasteiger partial charge in [0.15, 0.2) is 0 Å². The van der Waals surface area contributed by atoms with Gasteiger partial charge in [0, 0.05) is 44.2 Å². The zero-order valence-electron chi connectivity index (χ0n) is 15.3. The molecular formula is C19H24N6O2. The largest absolute Gasteiger partial charge is 0.342 e. The van der Waals surface area contributed by atoms with Crippen molar-refractivity contribution >= 4 is 11.8 Å². The van der Waals surface area contributed by atoms with Gasteiger partial charge in [-0.05, 0) is 37.8 Å². The summed E-state index contributed by atoms with van der Waals surface area (Å²) in [5.41, 5.74) is 0.469. The molecule has 8 heteroatoms. The van der Waals surface area contributed by atoms with Gasteiger partial charge in [0.1, 0.15) is 17.8 Å². The fourth-order valence-corrected chi connectivity index (χ4v) is 4.02. The normalized spacial score (nSPS) is 19.3. The van der Waals surface area contributed by atoms with E-state index >= 15 is 0 Å². The molecule has 2 aliphatic heterocycles. The maximum Gasteiger partial charge on any atom is 0.272 e. The summed E-state index contributed by atoms with van der Waals surface area (Å²) < 4.78 is 0. The molecule has 8 nitrogen and oxygen atoms in total. The SMILES string of the molecule is O=C(c1ccccn1)N1CCC(C(=O)N2CCC(c3ncn[nH]3)CC2)CC1. The van der Waals surface area contributed by atoms with E-state index in [2.05, 4.69) is 20.2 Å². The van der Waals surface area contributed by atoms with Gasteiger partial charge in [-0.25, -0.2) is 4.98 Å². The number of aromatic nitrogens is 4. The number of pyridine rings is 1. The molecule has 2 saturated heterocycles. The lowest BCUT2D eigenvalue weighted by atomic mass is 9.91. The molecule has 1 N–H and O–H groups in total. The minimum Gasteiger partial charge on any atom is -0.342 e. The van der Waals surface area contributed by atoms with E-state index in [1.807, 2.05) is 15.9 Å². The number of nitrogens with zero attached hydrogens (tertiary/aromatic N) is 5. The van der Waals surface area contributed by atoms with Crippen LogP contribution in [0.2, 0.25) is 0 Å². The van der Waals surface area contributed by atoms with Crippen molar-refractivity contribution in [3.63, 3.8) is 0 Å². The predicted octanol–water partition coefficient (Wildman–Crippen LogP) is 1.46. The van der Waals surface area contributed by atoms with Crippen molar-refractivity contribution in [1.82, 2.24) is 30.0 Å². The van der Waals surface area contributed by atoms with Gasteiger partial charge in [0.2, 0.25) is 5.91 Å². The van der Waals surface area contributed by atoms with Gasteiger partial charge in [-0.15, -0.1) is 0 Å². The molecule has 2 aromatic heterocycles. The summed E-state index contributed by atoms with van der Waals surface area (Å²) in [6.07, 6.45) is 6.44. The van der Waals surface area contributed by atoms with Gasteiger partial charge in [0.05, 0.1) is 0 Å². The van der Waals surface area contributed by atoms with E-state index in [4.69, 9.17) is 0 Å². The molecule has 4 rings (SSSR count). The molecule has 0 spiro atoms. The summed E-state index contributed by atoms with van der Waals surface area (Å²) >= 11 is 0. The van der Waals surface area contributed by atoms with Crippen molar-refractivity contribution in [2.24, 2.45) is 5.92 Å². The van der Waals surface area contributed by atoms with Gasteiger partial charge < -0.3 is 9.80 Å². The van der Waals surface area contributed by atoms with Crippen LogP contribution >= 0.6 is 0 Å². The minimum absolute atomic E-state index is 0.0135. The van der Waals surface area contributed by atoms with E-state index in [-0.39, 0.29) is 17.7 Å². The first-order chi connectivity index (χ1) is 13.2. The lowest BCUT2D eigenvalue weighted by Gasteiger charge is -2.36. The molecule has 2 fully saturated rings. The third-order valence-corrected chi connectivity index (χ3v) is 5.64. The van der Waals surface area contributed by atoms with E-state index in [9.17, 15) is 9.59 Å². The Morgan fingerprint density at radius 2 is 1.70 bits per heavy atom. The summed E-state index contributed by atoms with van der Waals surface area (Å²) in [5, 5.41) is 6.85. The third-order valence-electron chi connectivity index (χ3n) is 5.64.